The lowest BCUT2D eigenvalue weighted by Gasteiger charge is -2.43. The maximum absolute atomic E-state index is 13.7. The number of rotatable bonds is 10. The molecule has 2 unspecified atom stereocenters. The van der Waals surface area contributed by atoms with E-state index in [1.54, 1.807) is 12.3 Å². The Morgan fingerprint density at radius 3 is 2.61 bits per heavy atom. The molecule has 2 rings (SSSR count). The van der Waals surface area contributed by atoms with Crippen LogP contribution in [0.5, 0.6) is 0 Å². The molecule has 0 bridgehead atoms. The van der Waals surface area contributed by atoms with Gasteiger partial charge in [-0.25, -0.2) is 14.4 Å². The van der Waals surface area contributed by atoms with Crippen molar-refractivity contribution in [1.82, 2.24) is 9.97 Å². The summed E-state index contributed by atoms with van der Waals surface area (Å²) in [5.41, 5.74) is 2.10. The monoisotopic (exact) mass is 472 g/mol. The van der Waals surface area contributed by atoms with Crippen LogP contribution in [0.3, 0.4) is 0 Å². The number of aromatic nitrogens is 2. The van der Waals surface area contributed by atoms with Crippen molar-refractivity contribution in [3.05, 3.63) is 41.0 Å². The third kappa shape index (κ3) is 7.02. The molecule has 1 heterocycles. The Bertz CT molecular complexity index is 807. The van der Waals surface area contributed by atoms with E-state index in [1.165, 1.54) is 24.9 Å². The molecule has 0 spiro atoms. The fourth-order valence-corrected chi connectivity index (χ4v) is 4.33. The summed E-state index contributed by atoms with van der Waals surface area (Å²) in [6.45, 7) is 7.36. The molecule has 0 fully saturated rings. The molecule has 1 aromatic rings. The first-order chi connectivity index (χ1) is 14.5. The number of allylic oxidation sites excluding steroid dienone is 2. The van der Waals surface area contributed by atoms with Gasteiger partial charge in [-0.2, -0.15) is 0 Å². The quantitative estimate of drug-likeness (QED) is 0.274. The number of aryl methyl sites for hydroxylation is 1. The molecule has 31 heavy (non-hydrogen) atoms. The Labute approximate surface area is 192 Å². The van der Waals surface area contributed by atoms with Crippen LogP contribution in [0.25, 0.3) is 0 Å². The zero-order chi connectivity index (χ0) is 23.2. The molecule has 5 nitrogen and oxygen atoms in total. The van der Waals surface area contributed by atoms with Gasteiger partial charge in [0, 0.05) is 24.5 Å². The van der Waals surface area contributed by atoms with Gasteiger partial charge >= 0.3 is 0 Å². The number of ether oxygens (including phenoxy) is 1. The van der Waals surface area contributed by atoms with Crippen molar-refractivity contribution in [2.75, 3.05) is 32.5 Å². The van der Waals surface area contributed by atoms with Crippen LogP contribution in [-0.2, 0) is 15.3 Å². The van der Waals surface area contributed by atoms with Crippen molar-refractivity contribution in [2.45, 2.75) is 68.6 Å². The molecule has 0 saturated heterocycles. The van der Waals surface area contributed by atoms with Gasteiger partial charge < -0.3 is 14.0 Å². The van der Waals surface area contributed by atoms with Crippen LogP contribution in [0.1, 0.15) is 57.4 Å². The topological polar surface area (TPSA) is 64.5 Å². The molecule has 0 amide bonds. The molecule has 0 saturated carbocycles. The molecule has 0 aromatic carbocycles. The smallest absolute Gasteiger partial charge is 0.187 e. The van der Waals surface area contributed by atoms with Gasteiger partial charge in [-0.1, -0.05) is 38.6 Å². The molecule has 176 valence electrons. The number of hydrogen-bond donors (Lipinski definition) is 1. The van der Waals surface area contributed by atoms with E-state index >= 15 is 0 Å². The summed E-state index contributed by atoms with van der Waals surface area (Å²) in [5.74, 6) is -0.254. The second-order valence-electron chi connectivity index (χ2n) is 9.00. The number of halogens is 1. The van der Waals surface area contributed by atoms with Crippen LogP contribution in [-0.4, -0.2) is 58.4 Å². The summed E-state index contributed by atoms with van der Waals surface area (Å²) >= 11 is 1.43. The predicted molar refractivity (Wildman–Crippen MR) is 130 cm³/mol. The molecule has 1 N–H and O–H groups in total. The number of methoxy groups -OCH3 is 1. The SMILES string of the molecule is COC1CC(F)=CC=C1C(O)c1nc(SC)ncc1CCCCOS(C)(C)C(C)(C)C. The number of aliphatic hydroxyl groups is 1. The fraction of sp³-hybridized carbons (Fsp3) is 0.652. The van der Waals surface area contributed by atoms with Crippen molar-refractivity contribution in [3.8, 4) is 0 Å². The standard InChI is InChI=1S/C23H37FN2O3S2/c1-23(2,3)31(6,7)29-13-9-8-10-16-15-25-22(30-5)26-20(16)21(27)18-12-11-17(24)14-19(18)28-4/h11-12,15,19,21,27H,8-10,13-14H2,1-7H3. The Morgan fingerprint density at radius 1 is 1.29 bits per heavy atom. The molecule has 1 aromatic heterocycles. The Kier molecular flexibility index (Phi) is 9.57. The Balaban J connectivity index is 2.10. The summed E-state index contributed by atoms with van der Waals surface area (Å²) in [6.07, 6.45) is 12.3. The highest BCUT2D eigenvalue weighted by molar-refractivity contribution is 8.29. The average Bonchev–Trinajstić information content (AvgIpc) is 2.72. The number of unbranched alkanes of at least 4 members (excludes halogenated alkanes) is 1. The lowest BCUT2D eigenvalue weighted by Crippen LogP contribution is -2.25. The minimum Gasteiger partial charge on any atom is -0.382 e. The number of thioether (sulfide) groups is 1. The first-order valence-corrected chi connectivity index (χ1v) is 14.1. The van der Waals surface area contributed by atoms with Gasteiger partial charge in [0.25, 0.3) is 0 Å². The van der Waals surface area contributed by atoms with Crippen LogP contribution >= 0.6 is 22.1 Å². The average molecular weight is 473 g/mol. The molecule has 1 aliphatic rings. The lowest BCUT2D eigenvalue weighted by molar-refractivity contribution is 0.0911. The second kappa shape index (κ2) is 11.3. The summed E-state index contributed by atoms with van der Waals surface area (Å²) in [6, 6.07) is 0. The highest BCUT2D eigenvalue weighted by Gasteiger charge is 2.29. The van der Waals surface area contributed by atoms with Gasteiger partial charge in [0.15, 0.2) is 5.16 Å². The van der Waals surface area contributed by atoms with Gasteiger partial charge in [-0.3, -0.25) is 0 Å². The van der Waals surface area contributed by atoms with E-state index in [9.17, 15) is 9.50 Å². The lowest BCUT2D eigenvalue weighted by atomic mass is 9.92. The highest BCUT2D eigenvalue weighted by atomic mass is 32.3. The summed E-state index contributed by atoms with van der Waals surface area (Å²) in [4.78, 5) is 8.99. The van der Waals surface area contributed by atoms with Crippen molar-refractivity contribution in [3.63, 3.8) is 0 Å². The normalized spacial score (nSPS) is 19.1. The molecule has 0 radical (unpaired) electrons. The van der Waals surface area contributed by atoms with Crippen molar-refractivity contribution >= 4 is 22.1 Å². The van der Waals surface area contributed by atoms with Gasteiger partial charge in [0.05, 0.1) is 18.4 Å². The summed E-state index contributed by atoms with van der Waals surface area (Å²) in [7, 11) is 0.400. The van der Waals surface area contributed by atoms with Crippen LogP contribution in [0.15, 0.2) is 34.9 Å². The summed E-state index contributed by atoms with van der Waals surface area (Å²) < 4.78 is 25.4. The van der Waals surface area contributed by atoms with Crippen LogP contribution in [0.4, 0.5) is 4.39 Å². The van der Waals surface area contributed by atoms with E-state index in [1.807, 2.05) is 6.26 Å². The van der Waals surface area contributed by atoms with E-state index < -0.39 is 22.5 Å². The van der Waals surface area contributed by atoms with Crippen LogP contribution < -0.4 is 0 Å². The van der Waals surface area contributed by atoms with E-state index in [0.29, 0.717) is 23.0 Å². The second-order valence-corrected chi connectivity index (χ2v) is 13.7. The van der Waals surface area contributed by atoms with Crippen molar-refractivity contribution in [2.24, 2.45) is 0 Å². The highest BCUT2D eigenvalue weighted by Crippen LogP contribution is 2.53. The first kappa shape index (κ1) is 26.3. The molecular weight excluding hydrogens is 435 g/mol. The molecule has 2 atom stereocenters. The number of hydrogen-bond acceptors (Lipinski definition) is 6. The Hall–Kier alpha value is -0.930. The van der Waals surface area contributed by atoms with E-state index in [4.69, 9.17) is 8.92 Å². The molecule has 0 aliphatic heterocycles. The largest absolute Gasteiger partial charge is 0.382 e. The van der Waals surface area contributed by atoms with Crippen LogP contribution in [0.2, 0.25) is 0 Å². The molecule has 8 heteroatoms. The predicted octanol–water partition coefficient (Wildman–Crippen LogP) is 5.55. The minimum atomic E-state index is -1.13. The Morgan fingerprint density at radius 2 is 2.00 bits per heavy atom. The number of aliphatic hydroxyl groups excluding tert-OH is 1. The fourth-order valence-electron chi connectivity index (χ4n) is 3.09. The third-order valence-electron chi connectivity index (χ3n) is 5.82. The maximum Gasteiger partial charge on any atom is 0.187 e. The van der Waals surface area contributed by atoms with E-state index in [0.717, 1.165) is 24.8 Å². The van der Waals surface area contributed by atoms with Crippen molar-refractivity contribution < 1.29 is 18.4 Å². The zero-order valence-corrected chi connectivity index (χ0v) is 21.4. The summed E-state index contributed by atoms with van der Waals surface area (Å²) in [5, 5.41) is 11.7. The maximum atomic E-state index is 13.7. The van der Waals surface area contributed by atoms with E-state index in [2.05, 4.69) is 43.3 Å². The molecule has 1 aliphatic carbocycles. The van der Waals surface area contributed by atoms with Gasteiger partial charge in [-0.05, 0) is 55.2 Å². The van der Waals surface area contributed by atoms with Crippen LogP contribution in [0, 0.1) is 0 Å². The molecular formula is C23H37FN2O3S2. The van der Waals surface area contributed by atoms with Crippen molar-refractivity contribution in [1.29, 1.82) is 0 Å². The van der Waals surface area contributed by atoms with E-state index in [-0.39, 0.29) is 17.0 Å². The zero-order valence-electron chi connectivity index (χ0n) is 19.8. The third-order valence-corrected chi connectivity index (χ3v) is 10.1. The van der Waals surface area contributed by atoms with Gasteiger partial charge in [-0.15, -0.1) is 10.3 Å². The first-order valence-electron chi connectivity index (χ1n) is 10.5. The minimum absolute atomic E-state index is 0.123. The van der Waals surface area contributed by atoms with Gasteiger partial charge in [0.1, 0.15) is 11.9 Å². The number of nitrogens with zero attached hydrogens (tertiary/aromatic N) is 2. The van der Waals surface area contributed by atoms with Gasteiger partial charge in [0.2, 0.25) is 0 Å².